The molecule has 168 valence electrons. The zero-order valence-electron chi connectivity index (χ0n) is 17.8. The van der Waals surface area contributed by atoms with Gasteiger partial charge < -0.3 is 20.2 Å². The highest BCUT2D eigenvalue weighted by Gasteiger charge is 2.20. The van der Waals surface area contributed by atoms with Crippen LogP contribution in [0, 0.1) is 5.82 Å². The third kappa shape index (κ3) is 6.55. The molecule has 0 aliphatic carbocycles. The molecule has 2 fully saturated rings. The Balaban J connectivity index is 0.00000272. The van der Waals surface area contributed by atoms with Gasteiger partial charge in [0, 0.05) is 31.9 Å². The van der Waals surface area contributed by atoms with Crippen molar-refractivity contribution in [3.63, 3.8) is 0 Å². The van der Waals surface area contributed by atoms with Gasteiger partial charge in [-0.05, 0) is 61.9 Å². The van der Waals surface area contributed by atoms with Crippen LogP contribution < -0.4 is 10.2 Å². The van der Waals surface area contributed by atoms with E-state index >= 15 is 0 Å². The first-order chi connectivity index (χ1) is 14.7. The van der Waals surface area contributed by atoms with Crippen molar-refractivity contribution < 1.29 is 9.50 Å². The summed E-state index contributed by atoms with van der Waals surface area (Å²) in [7, 11) is 0. The van der Waals surface area contributed by atoms with Crippen LogP contribution in [0.3, 0.4) is 0 Å². The van der Waals surface area contributed by atoms with Crippen LogP contribution in [0.15, 0.2) is 53.5 Å². The van der Waals surface area contributed by atoms with Gasteiger partial charge in [0.2, 0.25) is 0 Å². The highest BCUT2D eigenvalue weighted by molar-refractivity contribution is 14.0. The maximum absolute atomic E-state index is 14.8. The Morgan fingerprint density at radius 3 is 2.39 bits per heavy atom. The van der Waals surface area contributed by atoms with E-state index in [0.717, 1.165) is 30.3 Å². The first-order valence-corrected chi connectivity index (χ1v) is 11.0. The summed E-state index contributed by atoms with van der Waals surface area (Å²) < 4.78 is 14.8. The van der Waals surface area contributed by atoms with Gasteiger partial charge in [0.25, 0.3) is 0 Å². The molecule has 0 aromatic heterocycles. The molecule has 2 aromatic rings. The van der Waals surface area contributed by atoms with Crippen molar-refractivity contribution in [2.75, 3.05) is 36.4 Å². The number of aliphatic hydroxyl groups is 1. The Bertz CT molecular complexity index is 850. The van der Waals surface area contributed by atoms with Gasteiger partial charge in [0.05, 0.1) is 18.3 Å². The molecule has 0 radical (unpaired) electrons. The number of aliphatic hydroxyl groups excluding tert-OH is 1. The predicted octanol–water partition coefficient (Wildman–Crippen LogP) is 4.86. The summed E-state index contributed by atoms with van der Waals surface area (Å²) in [5.41, 5.74) is 2.49. The third-order valence-corrected chi connectivity index (χ3v) is 5.91. The smallest absolute Gasteiger partial charge is 0.198 e. The number of hydrogen-bond donors (Lipinski definition) is 2. The van der Waals surface area contributed by atoms with E-state index < -0.39 is 0 Å². The molecule has 0 bridgehead atoms. The minimum absolute atomic E-state index is 0. The molecule has 7 heteroatoms. The van der Waals surface area contributed by atoms with E-state index in [1.165, 1.54) is 19.3 Å². The second-order valence-corrected chi connectivity index (χ2v) is 8.18. The number of halogens is 2. The zero-order valence-corrected chi connectivity index (χ0v) is 20.2. The molecule has 2 aromatic carbocycles. The summed E-state index contributed by atoms with van der Waals surface area (Å²) in [6, 6.07) is 15.5. The average molecular weight is 538 g/mol. The lowest BCUT2D eigenvalue weighted by molar-refractivity contribution is 0.145. The molecule has 0 spiro atoms. The Morgan fingerprint density at radius 1 is 1.00 bits per heavy atom. The third-order valence-electron chi connectivity index (χ3n) is 5.91. The molecule has 2 aliphatic rings. The number of nitrogens with one attached hydrogen (secondary N) is 1. The molecule has 31 heavy (non-hydrogen) atoms. The van der Waals surface area contributed by atoms with Crippen LogP contribution in [0.2, 0.25) is 0 Å². The Kier molecular flexibility index (Phi) is 8.95. The van der Waals surface area contributed by atoms with Crippen LogP contribution in [-0.2, 0) is 6.54 Å². The Hall–Kier alpha value is -1.87. The lowest BCUT2D eigenvalue weighted by atomic mass is 10.1. The SMILES string of the molecule is I.OC1CCN(c2ccc(CN=C(Nc3ccccc3)N3CCCCC3)cc2F)CC1. The van der Waals surface area contributed by atoms with Crippen molar-refractivity contribution >= 4 is 41.3 Å². The summed E-state index contributed by atoms with van der Waals surface area (Å²) in [4.78, 5) is 9.14. The van der Waals surface area contributed by atoms with E-state index in [2.05, 4.69) is 10.2 Å². The number of hydrogen-bond acceptors (Lipinski definition) is 3. The highest BCUT2D eigenvalue weighted by Crippen LogP contribution is 2.24. The van der Waals surface area contributed by atoms with Crippen molar-refractivity contribution in [2.24, 2.45) is 4.99 Å². The van der Waals surface area contributed by atoms with E-state index in [1.807, 2.05) is 47.4 Å². The Labute approximate surface area is 201 Å². The van der Waals surface area contributed by atoms with Crippen molar-refractivity contribution in [1.82, 2.24) is 4.90 Å². The average Bonchev–Trinajstić information content (AvgIpc) is 2.79. The fraction of sp³-hybridized carbons (Fsp3) is 0.458. The quantitative estimate of drug-likeness (QED) is 0.332. The lowest BCUT2D eigenvalue weighted by Crippen LogP contribution is -2.40. The van der Waals surface area contributed by atoms with Gasteiger partial charge in [-0.25, -0.2) is 9.38 Å². The summed E-state index contributed by atoms with van der Waals surface area (Å²) in [6.45, 7) is 3.80. The standard InChI is InChI=1S/C24H31FN4O.HI/c25-22-17-19(9-10-23(22)28-15-11-21(30)12-16-28)18-26-24(29-13-5-2-6-14-29)27-20-7-3-1-4-8-20;/h1,3-4,7-10,17,21,30H,2,5-6,11-16,18H2,(H,26,27);1H. The number of para-hydroxylation sites is 1. The second-order valence-electron chi connectivity index (χ2n) is 8.18. The highest BCUT2D eigenvalue weighted by atomic mass is 127. The number of anilines is 2. The van der Waals surface area contributed by atoms with Gasteiger partial charge >= 0.3 is 0 Å². The number of benzene rings is 2. The number of likely N-dealkylation sites (tertiary alicyclic amines) is 1. The number of guanidine groups is 1. The van der Waals surface area contributed by atoms with E-state index in [9.17, 15) is 9.50 Å². The second kappa shape index (κ2) is 11.7. The minimum Gasteiger partial charge on any atom is -0.393 e. The van der Waals surface area contributed by atoms with Crippen LogP contribution in [-0.4, -0.2) is 48.2 Å². The van der Waals surface area contributed by atoms with Gasteiger partial charge in [0.15, 0.2) is 5.96 Å². The minimum atomic E-state index is -0.261. The largest absolute Gasteiger partial charge is 0.393 e. The van der Waals surface area contributed by atoms with Crippen LogP contribution in [0.1, 0.15) is 37.7 Å². The van der Waals surface area contributed by atoms with Gasteiger partial charge in [-0.2, -0.15) is 0 Å². The molecule has 2 heterocycles. The number of nitrogens with zero attached hydrogens (tertiary/aromatic N) is 3. The molecule has 0 saturated carbocycles. The molecule has 5 nitrogen and oxygen atoms in total. The van der Waals surface area contributed by atoms with Gasteiger partial charge in [-0.3, -0.25) is 0 Å². The number of aliphatic imine (C=N–C) groups is 1. The lowest BCUT2D eigenvalue weighted by Gasteiger charge is -2.31. The molecule has 0 amide bonds. The van der Waals surface area contributed by atoms with E-state index in [-0.39, 0.29) is 35.9 Å². The summed E-state index contributed by atoms with van der Waals surface area (Å²) in [5, 5.41) is 13.1. The molecule has 0 unspecified atom stereocenters. The van der Waals surface area contributed by atoms with Gasteiger partial charge in [0.1, 0.15) is 5.82 Å². The van der Waals surface area contributed by atoms with Crippen molar-refractivity contribution in [2.45, 2.75) is 44.8 Å². The maximum Gasteiger partial charge on any atom is 0.198 e. The molecule has 2 saturated heterocycles. The predicted molar refractivity (Wildman–Crippen MR) is 136 cm³/mol. The normalized spacial score (nSPS) is 17.9. The van der Waals surface area contributed by atoms with Crippen molar-refractivity contribution in [3.05, 3.63) is 59.9 Å². The van der Waals surface area contributed by atoms with Crippen molar-refractivity contribution in [1.29, 1.82) is 0 Å². The number of piperidine rings is 2. The van der Waals surface area contributed by atoms with Crippen LogP contribution in [0.25, 0.3) is 0 Å². The van der Waals surface area contributed by atoms with Gasteiger partial charge in [-0.15, -0.1) is 24.0 Å². The molecular formula is C24H32FIN4O. The monoisotopic (exact) mass is 538 g/mol. The van der Waals surface area contributed by atoms with E-state index in [0.29, 0.717) is 38.2 Å². The fourth-order valence-electron chi connectivity index (χ4n) is 4.15. The molecule has 2 aliphatic heterocycles. The molecular weight excluding hydrogens is 506 g/mol. The number of rotatable bonds is 4. The van der Waals surface area contributed by atoms with E-state index in [4.69, 9.17) is 4.99 Å². The van der Waals surface area contributed by atoms with Crippen LogP contribution in [0.5, 0.6) is 0 Å². The molecule has 2 N–H and O–H groups in total. The summed E-state index contributed by atoms with van der Waals surface area (Å²) >= 11 is 0. The maximum atomic E-state index is 14.8. The van der Waals surface area contributed by atoms with Crippen LogP contribution >= 0.6 is 24.0 Å². The topological polar surface area (TPSA) is 51.1 Å². The zero-order chi connectivity index (χ0) is 20.8. The van der Waals surface area contributed by atoms with Gasteiger partial charge in [-0.1, -0.05) is 24.3 Å². The molecule has 4 rings (SSSR count). The van der Waals surface area contributed by atoms with E-state index in [1.54, 1.807) is 6.07 Å². The summed E-state index contributed by atoms with van der Waals surface area (Å²) in [5.74, 6) is 0.644. The summed E-state index contributed by atoms with van der Waals surface area (Å²) in [6.07, 6.45) is 4.72. The van der Waals surface area contributed by atoms with Crippen molar-refractivity contribution in [3.8, 4) is 0 Å². The fourth-order valence-corrected chi connectivity index (χ4v) is 4.15. The first-order valence-electron chi connectivity index (χ1n) is 11.0. The Morgan fingerprint density at radius 2 is 1.71 bits per heavy atom. The first kappa shape index (κ1) is 23.8. The van der Waals surface area contributed by atoms with Crippen LogP contribution in [0.4, 0.5) is 15.8 Å². The molecule has 0 atom stereocenters.